The van der Waals surface area contributed by atoms with Crippen molar-refractivity contribution in [1.29, 1.82) is 0 Å². The molecule has 3 nitrogen and oxygen atoms in total. The number of hydrogen-bond donors (Lipinski definition) is 2. The number of amides is 1. The Kier molecular flexibility index (Phi) is 3.69. The molecule has 3 N–H and O–H groups in total. The van der Waals surface area contributed by atoms with E-state index in [1.165, 1.54) is 0 Å². The standard InChI is InChI=1S/C15H18N2O/c1-10-5-6-12(4-3-7-16)9-13(10)15(18)17-14-8-11(14)2/h5-6,9,11,14H,7-8,16H2,1-2H3,(H,17,18). The number of aryl methyl sites for hydroxylation is 1. The fourth-order valence-corrected chi connectivity index (χ4v) is 1.87. The number of nitrogens with two attached hydrogens (primary N) is 1. The summed E-state index contributed by atoms with van der Waals surface area (Å²) in [5.74, 6) is 6.35. The molecule has 0 radical (unpaired) electrons. The quantitative estimate of drug-likeness (QED) is 0.771. The van der Waals surface area contributed by atoms with Crippen molar-refractivity contribution in [2.75, 3.05) is 6.54 Å². The molecule has 0 heterocycles. The van der Waals surface area contributed by atoms with Gasteiger partial charge in [-0.05, 0) is 37.0 Å². The minimum Gasteiger partial charge on any atom is -0.349 e. The SMILES string of the molecule is Cc1ccc(C#CCN)cc1C(=O)NC1CC1C. The second-order valence-electron chi connectivity index (χ2n) is 4.83. The van der Waals surface area contributed by atoms with E-state index in [9.17, 15) is 4.79 Å². The zero-order valence-electron chi connectivity index (χ0n) is 10.8. The van der Waals surface area contributed by atoms with Crippen LogP contribution in [0.15, 0.2) is 18.2 Å². The number of benzene rings is 1. The Balaban J connectivity index is 2.17. The van der Waals surface area contributed by atoms with Crippen molar-refractivity contribution in [3.63, 3.8) is 0 Å². The average molecular weight is 242 g/mol. The van der Waals surface area contributed by atoms with Gasteiger partial charge >= 0.3 is 0 Å². The lowest BCUT2D eigenvalue weighted by atomic mass is 10.0. The van der Waals surface area contributed by atoms with Gasteiger partial charge < -0.3 is 11.1 Å². The average Bonchev–Trinajstić information content (AvgIpc) is 3.03. The first-order valence-electron chi connectivity index (χ1n) is 6.22. The Labute approximate surface area is 108 Å². The molecule has 0 bridgehead atoms. The number of carbonyl (C=O) groups excluding carboxylic acids is 1. The maximum Gasteiger partial charge on any atom is 0.251 e. The van der Waals surface area contributed by atoms with Gasteiger partial charge in [0.25, 0.3) is 5.91 Å². The van der Waals surface area contributed by atoms with E-state index < -0.39 is 0 Å². The Bertz CT molecular complexity index is 525. The maximum absolute atomic E-state index is 12.1. The number of hydrogen-bond acceptors (Lipinski definition) is 2. The molecular formula is C15H18N2O. The summed E-state index contributed by atoms with van der Waals surface area (Å²) in [4.78, 5) is 12.1. The summed E-state index contributed by atoms with van der Waals surface area (Å²) in [5, 5.41) is 3.03. The lowest BCUT2D eigenvalue weighted by molar-refractivity contribution is 0.0948. The number of rotatable bonds is 2. The van der Waals surface area contributed by atoms with Gasteiger partial charge in [-0.3, -0.25) is 4.79 Å². The molecule has 1 fully saturated rings. The maximum atomic E-state index is 12.1. The van der Waals surface area contributed by atoms with Crippen molar-refractivity contribution in [3.05, 3.63) is 34.9 Å². The predicted octanol–water partition coefficient (Wildman–Crippen LogP) is 1.44. The van der Waals surface area contributed by atoms with Crippen molar-refractivity contribution in [3.8, 4) is 11.8 Å². The van der Waals surface area contributed by atoms with E-state index in [0.717, 1.165) is 17.5 Å². The zero-order chi connectivity index (χ0) is 13.1. The van der Waals surface area contributed by atoms with Crippen LogP contribution in [0.5, 0.6) is 0 Å². The summed E-state index contributed by atoms with van der Waals surface area (Å²) >= 11 is 0. The van der Waals surface area contributed by atoms with E-state index in [1.54, 1.807) is 0 Å². The van der Waals surface area contributed by atoms with Crippen molar-refractivity contribution >= 4 is 5.91 Å². The monoisotopic (exact) mass is 242 g/mol. The van der Waals surface area contributed by atoms with Crippen LogP contribution in [0.2, 0.25) is 0 Å². The number of nitrogens with one attached hydrogen (secondary N) is 1. The molecule has 1 aliphatic rings. The van der Waals surface area contributed by atoms with Crippen LogP contribution in [0.3, 0.4) is 0 Å². The highest BCUT2D eigenvalue weighted by Crippen LogP contribution is 2.29. The van der Waals surface area contributed by atoms with Gasteiger partial charge in [0.15, 0.2) is 0 Å². The lowest BCUT2D eigenvalue weighted by Gasteiger charge is -2.07. The van der Waals surface area contributed by atoms with Gasteiger partial charge in [-0.15, -0.1) is 0 Å². The summed E-state index contributed by atoms with van der Waals surface area (Å²) in [6.45, 7) is 4.40. The van der Waals surface area contributed by atoms with Crippen molar-refractivity contribution < 1.29 is 4.79 Å². The van der Waals surface area contributed by atoms with Gasteiger partial charge in [0.2, 0.25) is 0 Å². The molecular weight excluding hydrogens is 224 g/mol. The van der Waals surface area contributed by atoms with E-state index in [0.29, 0.717) is 24.1 Å². The Morgan fingerprint density at radius 1 is 1.56 bits per heavy atom. The van der Waals surface area contributed by atoms with Crippen LogP contribution in [0.25, 0.3) is 0 Å². The van der Waals surface area contributed by atoms with E-state index in [2.05, 4.69) is 24.1 Å². The molecule has 3 heteroatoms. The first-order valence-corrected chi connectivity index (χ1v) is 6.22. The third-order valence-corrected chi connectivity index (χ3v) is 3.24. The minimum absolute atomic E-state index is 0.00162. The second kappa shape index (κ2) is 5.24. The van der Waals surface area contributed by atoms with Gasteiger partial charge in [-0.1, -0.05) is 24.8 Å². The smallest absolute Gasteiger partial charge is 0.251 e. The van der Waals surface area contributed by atoms with Gasteiger partial charge in [0.05, 0.1) is 6.54 Å². The van der Waals surface area contributed by atoms with Gasteiger partial charge in [-0.25, -0.2) is 0 Å². The molecule has 1 aliphatic carbocycles. The normalized spacial score (nSPS) is 20.8. The van der Waals surface area contributed by atoms with Gasteiger partial charge in [-0.2, -0.15) is 0 Å². The Hall–Kier alpha value is -1.79. The van der Waals surface area contributed by atoms with Crippen LogP contribution >= 0.6 is 0 Å². The molecule has 2 unspecified atom stereocenters. The summed E-state index contributed by atoms with van der Waals surface area (Å²) in [7, 11) is 0. The number of carbonyl (C=O) groups is 1. The highest BCUT2D eigenvalue weighted by molar-refractivity contribution is 5.96. The molecule has 1 aromatic rings. The Morgan fingerprint density at radius 2 is 2.28 bits per heavy atom. The first kappa shape index (κ1) is 12.7. The molecule has 1 aromatic carbocycles. The summed E-state index contributed by atoms with van der Waals surface area (Å²) < 4.78 is 0. The molecule has 1 saturated carbocycles. The minimum atomic E-state index is -0.00162. The van der Waals surface area contributed by atoms with Crippen molar-refractivity contribution in [1.82, 2.24) is 5.32 Å². The highest BCUT2D eigenvalue weighted by Gasteiger charge is 2.34. The van der Waals surface area contributed by atoms with Crippen molar-refractivity contribution in [2.45, 2.75) is 26.3 Å². The topological polar surface area (TPSA) is 55.1 Å². The fourth-order valence-electron chi connectivity index (χ4n) is 1.87. The molecule has 0 saturated heterocycles. The fraction of sp³-hybridized carbons (Fsp3) is 0.400. The summed E-state index contributed by atoms with van der Waals surface area (Å²) in [6.07, 6.45) is 1.08. The van der Waals surface area contributed by atoms with Gasteiger partial charge in [0.1, 0.15) is 0 Å². The highest BCUT2D eigenvalue weighted by atomic mass is 16.1. The molecule has 0 spiro atoms. The van der Waals surface area contributed by atoms with E-state index in [1.807, 2.05) is 25.1 Å². The van der Waals surface area contributed by atoms with Crippen LogP contribution in [0, 0.1) is 24.7 Å². The Morgan fingerprint density at radius 3 is 2.89 bits per heavy atom. The zero-order valence-corrected chi connectivity index (χ0v) is 10.8. The van der Waals surface area contributed by atoms with E-state index >= 15 is 0 Å². The van der Waals surface area contributed by atoms with Crippen LogP contribution < -0.4 is 11.1 Å². The van der Waals surface area contributed by atoms with E-state index in [-0.39, 0.29) is 5.91 Å². The van der Waals surface area contributed by atoms with Crippen LogP contribution in [-0.4, -0.2) is 18.5 Å². The summed E-state index contributed by atoms with van der Waals surface area (Å²) in [5.41, 5.74) is 7.85. The van der Waals surface area contributed by atoms with E-state index in [4.69, 9.17) is 5.73 Å². The van der Waals surface area contributed by atoms with Crippen LogP contribution in [-0.2, 0) is 0 Å². The predicted molar refractivity (Wildman–Crippen MR) is 72.1 cm³/mol. The largest absolute Gasteiger partial charge is 0.349 e. The lowest BCUT2D eigenvalue weighted by Crippen LogP contribution is -2.27. The van der Waals surface area contributed by atoms with Crippen LogP contribution in [0.4, 0.5) is 0 Å². The molecule has 2 atom stereocenters. The first-order chi connectivity index (χ1) is 8.61. The third kappa shape index (κ3) is 2.91. The van der Waals surface area contributed by atoms with Crippen molar-refractivity contribution in [2.24, 2.45) is 11.7 Å². The van der Waals surface area contributed by atoms with Gasteiger partial charge in [0, 0.05) is 17.2 Å². The molecule has 0 aliphatic heterocycles. The third-order valence-electron chi connectivity index (χ3n) is 3.24. The molecule has 94 valence electrons. The molecule has 18 heavy (non-hydrogen) atoms. The molecule has 0 aromatic heterocycles. The molecule has 1 amide bonds. The second-order valence-corrected chi connectivity index (χ2v) is 4.83. The molecule has 2 rings (SSSR count). The summed E-state index contributed by atoms with van der Waals surface area (Å²) in [6, 6.07) is 6.01. The van der Waals surface area contributed by atoms with Crippen LogP contribution in [0.1, 0.15) is 34.8 Å².